The SMILES string of the molecule is CC1=C(CC(C2=C(C)C(N=Nc3ccc(C)cc3)C(=O)NC2=O)c2ncc[nH]2)C(=O)NC(=O)C1N=Nc1ccc(C)cc1. The van der Waals surface area contributed by atoms with E-state index in [-0.39, 0.29) is 17.6 Å². The Morgan fingerprint density at radius 3 is 1.74 bits per heavy atom. The summed E-state index contributed by atoms with van der Waals surface area (Å²) in [6.45, 7) is 7.19. The summed E-state index contributed by atoms with van der Waals surface area (Å²) in [5.41, 5.74) is 4.50. The fourth-order valence-corrected chi connectivity index (χ4v) is 5.01. The molecule has 3 unspecified atom stereocenters. The van der Waals surface area contributed by atoms with Crippen LogP contribution in [0, 0.1) is 13.8 Å². The average molecular weight is 579 g/mol. The zero-order valence-corrected chi connectivity index (χ0v) is 24.1. The van der Waals surface area contributed by atoms with Crippen LogP contribution in [0.15, 0.2) is 104 Å². The van der Waals surface area contributed by atoms with E-state index in [1.807, 2.05) is 38.1 Å². The zero-order chi connectivity index (χ0) is 30.7. The number of rotatable bonds is 8. The number of hydrogen-bond acceptors (Lipinski definition) is 9. The van der Waals surface area contributed by atoms with Crippen LogP contribution in [0.3, 0.4) is 0 Å². The number of carbonyl (C=O) groups is 4. The summed E-state index contributed by atoms with van der Waals surface area (Å²) in [7, 11) is 0. The molecule has 0 fully saturated rings. The summed E-state index contributed by atoms with van der Waals surface area (Å²) in [4.78, 5) is 59.4. The maximum absolute atomic E-state index is 13.3. The molecule has 43 heavy (non-hydrogen) atoms. The van der Waals surface area contributed by atoms with E-state index in [1.165, 1.54) is 6.20 Å². The Bertz CT molecular complexity index is 1700. The van der Waals surface area contributed by atoms with Gasteiger partial charge in [-0.1, -0.05) is 35.4 Å². The van der Waals surface area contributed by atoms with Gasteiger partial charge in [-0.3, -0.25) is 29.8 Å². The molecule has 4 amide bonds. The van der Waals surface area contributed by atoms with Crippen molar-refractivity contribution >= 4 is 35.0 Å². The number of imide groups is 2. The predicted octanol–water partition coefficient (Wildman–Crippen LogP) is 4.75. The second kappa shape index (κ2) is 12.2. The largest absolute Gasteiger partial charge is 0.348 e. The number of aryl methyl sites for hydroxylation is 2. The number of nitrogens with zero attached hydrogens (tertiary/aromatic N) is 5. The van der Waals surface area contributed by atoms with Crippen molar-refractivity contribution in [1.29, 1.82) is 0 Å². The van der Waals surface area contributed by atoms with Crippen LogP contribution in [-0.2, 0) is 19.2 Å². The molecule has 3 heterocycles. The summed E-state index contributed by atoms with van der Waals surface area (Å²) in [5.74, 6) is -2.79. The van der Waals surface area contributed by atoms with Crippen molar-refractivity contribution in [2.75, 3.05) is 0 Å². The van der Waals surface area contributed by atoms with Crippen molar-refractivity contribution in [2.24, 2.45) is 20.5 Å². The first-order valence-electron chi connectivity index (χ1n) is 13.7. The van der Waals surface area contributed by atoms with Crippen molar-refractivity contribution in [3.8, 4) is 0 Å². The molecule has 3 N–H and O–H groups in total. The first-order valence-corrected chi connectivity index (χ1v) is 13.7. The van der Waals surface area contributed by atoms with Gasteiger partial charge in [0.25, 0.3) is 23.6 Å². The molecule has 3 aromatic rings. The van der Waals surface area contributed by atoms with Crippen molar-refractivity contribution in [1.82, 2.24) is 20.6 Å². The lowest BCUT2D eigenvalue weighted by Gasteiger charge is -2.29. The average Bonchev–Trinajstić information content (AvgIpc) is 3.50. The minimum atomic E-state index is -1.07. The van der Waals surface area contributed by atoms with Gasteiger partial charge in [0.2, 0.25) is 0 Å². The highest BCUT2D eigenvalue weighted by Gasteiger charge is 2.40. The molecule has 0 aliphatic carbocycles. The second-order valence-corrected chi connectivity index (χ2v) is 10.5. The molecule has 0 spiro atoms. The van der Waals surface area contributed by atoms with E-state index in [2.05, 4.69) is 41.1 Å². The lowest BCUT2D eigenvalue weighted by Crippen LogP contribution is -2.47. The van der Waals surface area contributed by atoms with Crippen molar-refractivity contribution < 1.29 is 19.2 Å². The van der Waals surface area contributed by atoms with E-state index in [0.717, 1.165) is 11.1 Å². The molecule has 12 heteroatoms. The third-order valence-electron chi connectivity index (χ3n) is 7.46. The monoisotopic (exact) mass is 578 g/mol. The van der Waals surface area contributed by atoms with E-state index in [0.29, 0.717) is 28.3 Å². The predicted molar refractivity (Wildman–Crippen MR) is 157 cm³/mol. The number of aromatic amines is 1. The molecular weight excluding hydrogens is 548 g/mol. The van der Waals surface area contributed by atoms with Crippen LogP contribution in [-0.4, -0.2) is 45.7 Å². The quantitative estimate of drug-likeness (QED) is 0.258. The number of benzene rings is 2. The number of carbonyl (C=O) groups excluding carboxylic acids is 4. The highest BCUT2D eigenvalue weighted by Crippen LogP contribution is 2.37. The zero-order valence-electron chi connectivity index (χ0n) is 24.1. The number of azo groups is 2. The second-order valence-electron chi connectivity index (χ2n) is 10.5. The Hall–Kier alpha value is -5.39. The smallest absolute Gasteiger partial charge is 0.257 e. The number of hydrogen-bond donors (Lipinski definition) is 3. The lowest BCUT2D eigenvalue weighted by atomic mass is 9.81. The van der Waals surface area contributed by atoms with Gasteiger partial charge in [-0.2, -0.15) is 20.5 Å². The van der Waals surface area contributed by atoms with E-state index < -0.39 is 41.6 Å². The molecule has 12 nitrogen and oxygen atoms in total. The van der Waals surface area contributed by atoms with Gasteiger partial charge >= 0.3 is 0 Å². The van der Waals surface area contributed by atoms with Crippen LogP contribution in [0.25, 0.3) is 0 Å². The summed E-state index contributed by atoms with van der Waals surface area (Å²) in [5, 5.41) is 21.7. The Labute approximate surface area is 247 Å². The van der Waals surface area contributed by atoms with Crippen LogP contribution in [0.4, 0.5) is 11.4 Å². The lowest BCUT2D eigenvalue weighted by molar-refractivity contribution is -0.132. The molecule has 0 saturated heterocycles. The fourth-order valence-electron chi connectivity index (χ4n) is 5.01. The normalized spacial score (nSPS) is 20.3. The van der Waals surface area contributed by atoms with E-state index >= 15 is 0 Å². The van der Waals surface area contributed by atoms with Gasteiger partial charge in [-0.15, -0.1) is 0 Å². The summed E-state index contributed by atoms with van der Waals surface area (Å²) in [6.07, 6.45) is 3.12. The van der Waals surface area contributed by atoms with Crippen LogP contribution >= 0.6 is 0 Å². The molecule has 5 rings (SSSR count). The summed E-state index contributed by atoms with van der Waals surface area (Å²) < 4.78 is 0. The third kappa shape index (κ3) is 6.27. The first kappa shape index (κ1) is 29.1. The molecule has 0 radical (unpaired) electrons. The number of imidazole rings is 1. The van der Waals surface area contributed by atoms with Crippen LogP contribution in [0.1, 0.15) is 43.1 Å². The first-order chi connectivity index (χ1) is 20.6. The molecular formula is C31H30N8O4. The maximum Gasteiger partial charge on any atom is 0.257 e. The van der Waals surface area contributed by atoms with Crippen LogP contribution in [0.5, 0.6) is 0 Å². The Kier molecular flexibility index (Phi) is 8.28. The Morgan fingerprint density at radius 1 is 0.721 bits per heavy atom. The van der Waals surface area contributed by atoms with Gasteiger partial charge in [-0.25, -0.2) is 4.98 Å². The van der Waals surface area contributed by atoms with Crippen molar-refractivity contribution in [2.45, 2.75) is 52.1 Å². The van der Waals surface area contributed by atoms with Gasteiger partial charge in [0.1, 0.15) is 5.82 Å². The van der Waals surface area contributed by atoms with E-state index in [9.17, 15) is 19.2 Å². The molecule has 0 saturated carbocycles. The maximum atomic E-state index is 13.3. The van der Waals surface area contributed by atoms with E-state index in [1.54, 1.807) is 44.3 Å². The fraction of sp³-hybridized carbons (Fsp3) is 0.258. The Morgan fingerprint density at radius 2 is 1.23 bits per heavy atom. The molecule has 2 aliphatic rings. The van der Waals surface area contributed by atoms with Gasteiger partial charge in [0, 0.05) is 23.5 Å². The summed E-state index contributed by atoms with van der Waals surface area (Å²) >= 11 is 0. The van der Waals surface area contributed by atoms with Crippen LogP contribution < -0.4 is 10.6 Å². The number of aromatic nitrogens is 2. The van der Waals surface area contributed by atoms with Crippen molar-refractivity contribution in [3.63, 3.8) is 0 Å². The number of nitrogens with one attached hydrogen (secondary N) is 3. The van der Waals surface area contributed by atoms with Gasteiger partial charge in [-0.05, 0) is 69.5 Å². The minimum Gasteiger partial charge on any atom is -0.348 e. The minimum absolute atomic E-state index is 0.00881. The van der Waals surface area contributed by atoms with E-state index in [4.69, 9.17) is 0 Å². The molecule has 0 bridgehead atoms. The van der Waals surface area contributed by atoms with Crippen molar-refractivity contribution in [3.05, 3.63) is 100 Å². The highest BCUT2D eigenvalue weighted by atomic mass is 16.2. The molecule has 218 valence electrons. The molecule has 2 aromatic carbocycles. The topological polar surface area (TPSA) is 170 Å². The van der Waals surface area contributed by atoms with Gasteiger partial charge in [0.15, 0.2) is 12.1 Å². The third-order valence-corrected chi connectivity index (χ3v) is 7.46. The standard InChI is InChI=1S/C31H30N8O4/c1-16-5-9-20(10-6-16)36-38-25-18(3)22(28(40)34-30(25)42)15-23(27-32-13-14-33-27)24-19(4)26(31(43)35-29(24)41)39-37-21-11-7-17(2)8-12-21/h5-14,23,25-26H,15H2,1-4H3,(H,32,33)(H,34,40,42)(H,35,41,43). The van der Waals surface area contributed by atoms with Gasteiger partial charge in [0.05, 0.1) is 17.3 Å². The highest BCUT2D eigenvalue weighted by molar-refractivity contribution is 6.13. The summed E-state index contributed by atoms with van der Waals surface area (Å²) in [6, 6.07) is 12.5. The molecule has 1 aromatic heterocycles. The molecule has 2 aliphatic heterocycles. The number of amides is 4. The van der Waals surface area contributed by atoms with Gasteiger partial charge < -0.3 is 4.98 Å². The molecule has 3 atom stereocenters. The Balaban J connectivity index is 1.52. The number of H-pyrrole nitrogens is 1. The van der Waals surface area contributed by atoms with Crippen LogP contribution in [0.2, 0.25) is 0 Å².